The van der Waals surface area contributed by atoms with Crippen molar-refractivity contribution in [2.45, 2.75) is 13.8 Å². The minimum atomic E-state index is 0.778. The van der Waals surface area contributed by atoms with Crippen molar-refractivity contribution in [3.63, 3.8) is 0 Å². The van der Waals surface area contributed by atoms with Gasteiger partial charge in [0, 0.05) is 39.3 Å². The van der Waals surface area contributed by atoms with Crippen LogP contribution in [0.15, 0.2) is 0 Å². The first-order valence-corrected chi connectivity index (χ1v) is 5.72. The second kappa shape index (κ2) is 5.69. The minimum absolute atomic E-state index is 0.778. The molecule has 0 bridgehead atoms. The van der Waals surface area contributed by atoms with E-state index < -0.39 is 0 Å². The Balaban J connectivity index is 2.04. The molecular weight excluding hydrogens is 174 g/mol. The van der Waals surface area contributed by atoms with E-state index in [-0.39, 0.29) is 0 Å². The van der Waals surface area contributed by atoms with Crippen LogP contribution in [0.3, 0.4) is 0 Å². The van der Waals surface area contributed by atoms with Crippen LogP contribution in [0.5, 0.6) is 0 Å². The quantitative estimate of drug-likeness (QED) is 0.675. The minimum Gasteiger partial charge on any atom is -0.329 e. The van der Waals surface area contributed by atoms with Crippen molar-refractivity contribution in [2.75, 3.05) is 46.3 Å². The summed E-state index contributed by atoms with van der Waals surface area (Å²) in [4.78, 5) is 4.89. The fourth-order valence-corrected chi connectivity index (χ4v) is 2.30. The summed E-state index contributed by atoms with van der Waals surface area (Å²) in [6.45, 7) is 11.4. The number of rotatable bonds is 6. The maximum Gasteiger partial charge on any atom is 0.0105 e. The van der Waals surface area contributed by atoms with Crippen LogP contribution in [0.4, 0.5) is 0 Å². The lowest BCUT2D eigenvalue weighted by atomic mass is 9.99. The van der Waals surface area contributed by atoms with E-state index in [0.29, 0.717) is 0 Å². The van der Waals surface area contributed by atoms with E-state index >= 15 is 0 Å². The smallest absolute Gasteiger partial charge is 0.0105 e. The summed E-state index contributed by atoms with van der Waals surface area (Å²) in [6, 6.07) is 0. The second-order valence-corrected chi connectivity index (χ2v) is 5.03. The third kappa shape index (κ3) is 3.95. The molecule has 2 N–H and O–H groups in total. The molecule has 1 aliphatic heterocycles. The Kier molecular flexibility index (Phi) is 4.85. The molecule has 0 radical (unpaired) electrons. The standard InChI is InChI=1S/C11H25N3/c1-10(2)6-13(3)7-11-8-14(9-11)5-4-12/h10-11H,4-9,12H2,1-3H3. The van der Waals surface area contributed by atoms with E-state index in [0.717, 1.165) is 24.9 Å². The van der Waals surface area contributed by atoms with Crippen LogP contribution in [0, 0.1) is 11.8 Å². The summed E-state index contributed by atoms with van der Waals surface area (Å²) in [5.74, 6) is 1.66. The van der Waals surface area contributed by atoms with E-state index in [1.54, 1.807) is 0 Å². The molecule has 0 amide bonds. The topological polar surface area (TPSA) is 32.5 Å². The van der Waals surface area contributed by atoms with Gasteiger partial charge in [0.2, 0.25) is 0 Å². The monoisotopic (exact) mass is 199 g/mol. The third-order valence-corrected chi connectivity index (χ3v) is 2.72. The average Bonchev–Trinajstić information content (AvgIpc) is 1.99. The van der Waals surface area contributed by atoms with Crippen LogP contribution in [0.25, 0.3) is 0 Å². The van der Waals surface area contributed by atoms with E-state index in [9.17, 15) is 0 Å². The van der Waals surface area contributed by atoms with E-state index in [2.05, 4.69) is 30.7 Å². The van der Waals surface area contributed by atoms with Crippen LogP contribution in [-0.2, 0) is 0 Å². The second-order valence-electron chi connectivity index (χ2n) is 5.03. The molecule has 84 valence electrons. The van der Waals surface area contributed by atoms with Gasteiger partial charge >= 0.3 is 0 Å². The van der Waals surface area contributed by atoms with Gasteiger partial charge in [-0.25, -0.2) is 0 Å². The van der Waals surface area contributed by atoms with Crippen molar-refractivity contribution in [2.24, 2.45) is 17.6 Å². The van der Waals surface area contributed by atoms with Crippen LogP contribution in [0.1, 0.15) is 13.8 Å². The van der Waals surface area contributed by atoms with Gasteiger partial charge in [-0.1, -0.05) is 13.8 Å². The van der Waals surface area contributed by atoms with Crippen molar-refractivity contribution < 1.29 is 0 Å². The van der Waals surface area contributed by atoms with Gasteiger partial charge in [0.1, 0.15) is 0 Å². The summed E-state index contributed by atoms with van der Waals surface area (Å²) in [7, 11) is 2.23. The van der Waals surface area contributed by atoms with Crippen LogP contribution in [-0.4, -0.2) is 56.1 Å². The summed E-state index contributed by atoms with van der Waals surface area (Å²) in [5.41, 5.74) is 5.50. The Morgan fingerprint density at radius 2 is 2.07 bits per heavy atom. The Hall–Kier alpha value is -0.120. The molecule has 0 atom stereocenters. The van der Waals surface area contributed by atoms with Gasteiger partial charge in [0.25, 0.3) is 0 Å². The first-order valence-electron chi connectivity index (χ1n) is 5.72. The number of nitrogens with two attached hydrogens (primary N) is 1. The molecule has 0 spiro atoms. The van der Waals surface area contributed by atoms with Crippen LogP contribution >= 0.6 is 0 Å². The molecule has 0 saturated carbocycles. The summed E-state index contributed by atoms with van der Waals surface area (Å²) in [5, 5.41) is 0. The largest absolute Gasteiger partial charge is 0.329 e. The average molecular weight is 199 g/mol. The molecule has 1 heterocycles. The van der Waals surface area contributed by atoms with Crippen LogP contribution in [0.2, 0.25) is 0 Å². The zero-order chi connectivity index (χ0) is 10.6. The first-order chi connectivity index (χ1) is 6.61. The fraction of sp³-hybridized carbons (Fsp3) is 1.00. The molecule has 0 aromatic rings. The molecule has 14 heavy (non-hydrogen) atoms. The molecule has 1 saturated heterocycles. The van der Waals surface area contributed by atoms with Gasteiger partial charge in [-0.15, -0.1) is 0 Å². The molecule has 0 unspecified atom stereocenters. The molecular formula is C11H25N3. The molecule has 1 fully saturated rings. The molecule has 3 heteroatoms. The number of nitrogens with zero attached hydrogens (tertiary/aromatic N) is 2. The lowest BCUT2D eigenvalue weighted by Gasteiger charge is -2.41. The first kappa shape index (κ1) is 12.0. The number of hydrogen-bond donors (Lipinski definition) is 1. The van der Waals surface area contributed by atoms with E-state index in [1.165, 1.54) is 26.2 Å². The predicted molar refractivity (Wildman–Crippen MR) is 61.3 cm³/mol. The van der Waals surface area contributed by atoms with Gasteiger partial charge in [-0.05, 0) is 18.9 Å². The van der Waals surface area contributed by atoms with Gasteiger partial charge < -0.3 is 15.5 Å². The van der Waals surface area contributed by atoms with Crippen molar-refractivity contribution in [3.05, 3.63) is 0 Å². The van der Waals surface area contributed by atoms with Crippen molar-refractivity contribution in [3.8, 4) is 0 Å². The van der Waals surface area contributed by atoms with Crippen molar-refractivity contribution >= 4 is 0 Å². The Labute approximate surface area is 88.2 Å². The Bertz CT molecular complexity index is 153. The van der Waals surface area contributed by atoms with Gasteiger partial charge in [-0.3, -0.25) is 0 Å². The fourth-order valence-electron chi connectivity index (χ4n) is 2.30. The van der Waals surface area contributed by atoms with Gasteiger partial charge in [-0.2, -0.15) is 0 Å². The highest BCUT2D eigenvalue weighted by atomic mass is 15.2. The number of likely N-dealkylation sites (tertiary alicyclic amines) is 1. The summed E-state index contributed by atoms with van der Waals surface area (Å²) >= 11 is 0. The molecule has 0 aromatic heterocycles. The third-order valence-electron chi connectivity index (χ3n) is 2.72. The molecule has 1 aliphatic rings. The highest BCUT2D eigenvalue weighted by Gasteiger charge is 2.26. The van der Waals surface area contributed by atoms with Crippen molar-refractivity contribution in [1.29, 1.82) is 0 Å². The summed E-state index contributed by atoms with van der Waals surface area (Å²) in [6.07, 6.45) is 0. The zero-order valence-corrected chi connectivity index (χ0v) is 9.87. The normalized spacial score (nSPS) is 19.3. The SMILES string of the molecule is CC(C)CN(C)CC1CN(CCN)C1. The van der Waals surface area contributed by atoms with Gasteiger partial charge in [0.05, 0.1) is 0 Å². The molecule has 0 aliphatic carbocycles. The highest BCUT2D eigenvalue weighted by Crippen LogP contribution is 2.15. The maximum atomic E-state index is 5.50. The molecule has 0 aromatic carbocycles. The zero-order valence-electron chi connectivity index (χ0n) is 9.87. The van der Waals surface area contributed by atoms with Crippen molar-refractivity contribution in [1.82, 2.24) is 9.80 Å². The lowest BCUT2D eigenvalue weighted by molar-refractivity contribution is 0.0746. The van der Waals surface area contributed by atoms with E-state index in [4.69, 9.17) is 5.73 Å². The highest BCUT2D eigenvalue weighted by molar-refractivity contribution is 4.81. The lowest BCUT2D eigenvalue weighted by Crippen LogP contribution is -2.52. The number of hydrogen-bond acceptors (Lipinski definition) is 3. The van der Waals surface area contributed by atoms with Gasteiger partial charge in [0.15, 0.2) is 0 Å². The molecule has 1 rings (SSSR count). The predicted octanol–water partition coefficient (Wildman–Crippen LogP) is 0.465. The summed E-state index contributed by atoms with van der Waals surface area (Å²) < 4.78 is 0. The van der Waals surface area contributed by atoms with E-state index in [1.807, 2.05) is 0 Å². The maximum absolute atomic E-state index is 5.50. The Morgan fingerprint density at radius 3 is 2.57 bits per heavy atom. The molecule has 3 nitrogen and oxygen atoms in total. The Morgan fingerprint density at radius 1 is 1.43 bits per heavy atom. The van der Waals surface area contributed by atoms with Crippen LogP contribution < -0.4 is 5.73 Å².